The quantitative estimate of drug-likeness (QED) is 0.587. The number of halogens is 1. The van der Waals surface area contributed by atoms with Crippen molar-refractivity contribution in [1.29, 1.82) is 0 Å². The molecular formula is C21H14FN3O. The highest BCUT2D eigenvalue weighted by Crippen LogP contribution is 2.25. The van der Waals surface area contributed by atoms with E-state index in [1.807, 2.05) is 36.4 Å². The van der Waals surface area contributed by atoms with Crippen LogP contribution in [0.3, 0.4) is 0 Å². The van der Waals surface area contributed by atoms with Crippen molar-refractivity contribution in [2.75, 3.05) is 5.32 Å². The van der Waals surface area contributed by atoms with Crippen LogP contribution >= 0.6 is 0 Å². The molecule has 4 rings (SSSR count). The predicted molar refractivity (Wildman–Crippen MR) is 99.3 cm³/mol. The fraction of sp³-hybridized carbons (Fsp3) is 0. The minimum Gasteiger partial charge on any atom is -0.319 e. The van der Waals surface area contributed by atoms with Gasteiger partial charge in [0.05, 0.1) is 22.5 Å². The van der Waals surface area contributed by atoms with Crippen LogP contribution in [0.5, 0.6) is 0 Å². The summed E-state index contributed by atoms with van der Waals surface area (Å²) in [5.74, 6) is -0.863. The molecule has 5 heteroatoms. The van der Waals surface area contributed by atoms with Crippen LogP contribution in [0, 0.1) is 5.82 Å². The molecule has 0 fully saturated rings. The zero-order valence-electron chi connectivity index (χ0n) is 13.7. The van der Waals surface area contributed by atoms with Gasteiger partial charge in [-0.1, -0.05) is 30.3 Å². The molecule has 0 saturated heterocycles. The fourth-order valence-electron chi connectivity index (χ4n) is 2.79. The number of para-hydroxylation sites is 2. The number of nitrogens with zero attached hydrogens (tertiary/aromatic N) is 2. The Morgan fingerprint density at radius 3 is 2.46 bits per heavy atom. The lowest BCUT2D eigenvalue weighted by molar-refractivity contribution is 0.102. The van der Waals surface area contributed by atoms with Crippen molar-refractivity contribution in [2.45, 2.75) is 0 Å². The number of anilines is 1. The molecule has 0 aliphatic rings. The van der Waals surface area contributed by atoms with Gasteiger partial charge in [-0.2, -0.15) is 0 Å². The van der Waals surface area contributed by atoms with Crippen molar-refractivity contribution < 1.29 is 9.18 Å². The number of carbonyl (C=O) groups is 1. The summed E-state index contributed by atoms with van der Waals surface area (Å²) in [5.41, 5.74) is 2.78. The third kappa shape index (κ3) is 3.02. The van der Waals surface area contributed by atoms with Gasteiger partial charge in [-0.25, -0.2) is 9.37 Å². The lowest BCUT2D eigenvalue weighted by atomic mass is 10.0. The molecule has 0 aliphatic carbocycles. The smallest absolute Gasteiger partial charge is 0.256 e. The van der Waals surface area contributed by atoms with Gasteiger partial charge in [0.2, 0.25) is 0 Å². The van der Waals surface area contributed by atoms with Gasteiger partial charge < -0.3 is 5.32 Å². The van der Waals surface area contributed by atoms with Crippen molar-refractivity contribution in [1.82, 2.24) is 9.97 Å². The summed E-state index contributed by atoms with van der Waals surface area (Å²) in [4.78, 5) is 21.5. The summed E-state index contributed by atoms with van der Waals surface area (Å²) in [7, 11) is 0. The number of pyridine rings is 2. The molecule has 4 nitrogen and oxygen atoms in total. The minimum atomic E-state index is -0.478. The molecule has 2 aromatic heterocycles. The first kappa shape index (κ1) is 15.9. The van der Waals surface area contributed by atoms with E-state index in [0.717, 1.165) is 5.56 Å². The average molecular weight is 343 g/mol. The molecule has 1 N–H and O–H groups in total. The fourth-order valence-corrected chi connectivity index (χ4v) is 2.79. The second-order valence-electron chi connectivity index (χ2n) is 5.74. The molecule has 4 aromatic rings. The number of rotatable bonds is 3. The van der Waals surface area contributed by atoms with E-state index in [4.69, 9.17) is 0 Å². The summed E-state index contributed by atoms with van der Waals surface area (Å²) in [6.45, 7) is 0. The number of benzene rings is 2. The van der Waals surface area contributed by atoms with Crippen LogP contribution in [0.1, 0.15) is 10.4 Å². The first-order valence-electron chi connectivity index (χ1n) is 8.08. The van der Waals surface area contributed by atoms with Crippen molar-refractivity contribution in [3.05, 3.63) is 90.5 Å². The standard InChI is InChI=1S/C21H14FN3O/c22-17-6-2-4-8-19(17)25-21(26)16-13-20(14-9-11-23-12-10-14)24-18-7-3-1-5-15(16)18/h1-13H,(H,25,26). The van der Waals surface area contributed by atoms with E-state index in [1.165, 1.54) is 12.1 Å². The topological polar surface area (TPSA) is 54.9 Å². The number of fused-ring (bicyclic) bond motifs is 1. The van der Waals surface area contributed by atoms with E-state index in [9.17, 15) is 9.18 Å². The molecule has 1 amide bonds. The van der Waals surface area contributed by atoms with Gasteiger partial charge in [0.15, 0.2) is 0 Å². The lowest BCUT2D eigenvalue weighted by Gasteiger charge is -2.11. The van der Waals surface area contributed by atoms with Gasteiger partial charge in [-0.15, -0.1) is 0 Å². The monoisotopic (exact) mass is 343 g/mol. The van der Waals surface area contributed by atoms with Crippen molar-refractivity contribution >= 4 is 22.5 Å². The van der Waals surface area contributed by atoms with Gasteiger partial charge in [0, 0.05) is 23.3 Å². The SMILES string of the molecule is O=C(Nc1ccccc1F)c1cc(-c2ccncc2)nc2ccccc12. The molecule has 26 heavy (non-hydrogen) atoms. The van der Waals surface area contributed by atoms with Crippen LogP contribution in [-0.4, -0.2) is 15.9 Å². The molecule has 0 bridgehead atoms. The highest BCUT2D eigenvalue weighted by Gasteiger charge is 2.15. The first-order chi connectivity index (χ1) is 12.7. The third-order valence-corrected chi connectivity index (χ3v) is 4.06. The number of nitrogens with one attached hydrogen (secondary N) is 1. The molecule has 2 aromatic carbocycles. The van der Waals surface area contributed by atoms with Crippen molar-refractivity contribution in [3.8, 4) is 11.3 Å². The van der Waals surface area contributed by atoms with Gasteiger partial charge >= 0.3 is 0 Å². The molecule has 126 valence electrons. The Hall–Kier alpha value is -3.60. The maximum Gasteiger partial charge on any atom is 0.256 e. The second-order valence-corrected chi connectivity index (χ2v) is 5.74. The largest absolute Gasteiger partial charge is 0.319 e. The third-order valence-electron chi connectivity index (χ3n) is 4.06. The van der Waals surface area contributed by atoms with E-state index < -0.39 is 5.82 Å². The van der Waals surface area contributed by atoms with Crippen LogP contribution in [0.15, 0.2) is 79.1 Å². The highest BCUT2D eigenvalue weighted by atomic mass is 19.1. The molecule has 0 unspecified atom stereocenters. The Bertz CT molecular complexity index is 1100. The van der Waals surface area contributed by atoms with Gasteiger partial charge in [0.1, 0.15) is 5.82 Å². The maximum atomic E-state index is 13.9. The van der Waals surface area contributed by atoms with E-state index >= 15 is 0 Å². The predicted octanol–water partition coefficient (Wildman–Crippen LogP) is 4.69. The van der Waals surface area contributed by atoms with E-state index in [1.54, 1.807) is 30.6 Å². The summed E-state index contributed by atoms with van der Waals surface area (Å²) >= 11 is 0. The van der Waals surface area contributed by atoms with Gasteiger partial charge in [-0.3, -0.25) is 9.78 Å². The second kappa shape index (κ2) is 6.72. The molecular weight excluding hydrogens is 329 g/mol. The summed E-state index contributed by atoms with van der Waals surface area (Å²) < 4.78 is 13.9. The highest BCUT2D eigenvalue weighted by molar-refractivity contribution is 6.13. The molecule has 0 radical (unpaired) electrons. The number of aromatic nitrogens is 2. The average Bonchev–Trinajstić information content (AvgIpc) is 2.69. The Balaban J connectivity index is 1.83. The van der Waals surface area contributed by atoms with Crippen molar-refractivity contribution in [3.63, 3.8) is 0 Å². The molecule has 0 saturated carbocycles. The maximum absolute atomic E-state index is 13.9. The van der Waals surface area contributed by atoms with E-state index in [2.05, 4.69) is 15.3 Å². The van der Waals surface area contributed by atoms with Crippen LogP contribution in [0.4, 0.5) is 10.1 Å². The summed E-state index contributed by atoms with van der Waals surface area (Å²) in [5, 5.41) is 3.35. The van der Waals surface area contributed by atoms with Crippen LogP contribution < -0.4 is 5.32 Å². The van der Waals surface area contributed by atoms with Crippen LogP contribution in [0.2, 0.25) is 0 Å². The molecule has 0 aliphatic heterocycles. The molecule has 0 spiro atoms. The number of carbonyl (C=O) groups excluding carboxylic acids is 1. The zero-order valence-corrected chi connectivity index (χ0v) is 13.7. The summed E-state index contributed by atoms with van der Waals surface area (Å²) in [6.07, 6.45) is 3.34. The Labute approximate surface area is 149 Å². The van der Waals surface area contributed by atoms with Gasteiger partial charge in [0.25, 0.3) is 5.91 Å². The van der Waals surface area contributed by atoms with Crippen LogP contribution in [-0.2, 0) is 0 Å². The number of hydrogen-bond donors (Lipinski definition) is 1. The van der Waals surface area contributed by atoms with Crippen LogP contribution in [0.25, 0.3) is 22.2 Å². The molecule has 0 atom stereocenters. The molecule has 2 heterocycles. The van der Waals surface area contributed by atoms with E-state index in [0.29, 0.717) is 22.2 Å². The Morgan fingerprint density at radius 2 is 1.65 bits per heavy atom. The van der Waals surface area contributed by atoms with E-state index in [-0.39, 0.29) is 11.6 Å². The van der Waals surface area contributed by atoms with Gasteiger partial charge in [-0.05, 0) is 36.4 Å². The lowest BCUT2D eigenvalue weighted by Crippen LogP contribution is -2.14. The minimum absolute atomic E-state index is 0.142. The zero-order chi connectivity index (χ0) is 17.9. The Kier molecular flexibility index (Phi) is 4.11. The number of hydrogen-bond acceptors (Lipinski definition) is 3. The van der Waals surface area contributed by atoms with Crippen molar-refractivity contribution in [2.24, 2.45) is 0 Å². The number of amides is 1. The first-order valence-corrected chi connectivity index (χ1v) is 8.08. The Morgan fingerprint density at radius 1 is 0.923 bits per heavy atom. The summed E-state index contributed by atoms with van der Waals surface area (Å²) in [6, 6.07) is 18.8. The normalized spacial score (nSPS) is 10.7.